The fourth-order valence-electron chi connectivity index (χ4n) is 2.56. The van der Waals surface area contributed by atoms with Gasteiger partial charge in [-0.15, -0.1) is 11.3 Å². The zero-order valence-electron chi connectivity index (χ0n) is 17.4. The normalized spacial score (nSPS) is 10.7. The Morgan fingerprint density at radius 2 is 1.90 bits per heavy atom. The van der Waals surface area contributed by atoms with E-state index in [0.717, 1.165) is 11.1 Å². The standard InChI is InChI=1S/C23H22N2O5S/c1-15-6-8-18(11-16(15)2)29-14-22(26)25-24-13-17-7-9-19(20(12-17)28-3)30-23(27)21-5-4-10-31-21/h4-13H,14H2,1-3H3,(H,25,26)/b24-13+. The maximum absolute atomic E-state index is 12.1. The van der Waals surface area contributed by atoms with E-state index in [1.54, 1.807) is 35.7 Å². The fraction of sp³-hybridized carbons (Fsp3) is 0.174. The summed E-state index contributed by atoms with van der Waals surface area (Å²) in [6.45, 7) is 3.84. The van der Waals surface area contributed by atoms with E-state index in [4.69, 9.17) is 14.2 Å². The minimum atomic E-state index is -0.453. The van der Waals surface area contributed by atoms with Gasteiger partial charge < -0.3 is 14.2 Å². The summed E-state index contributed by atoms with van der Waals surface area (Å²) >= 11 is 1.30. The summed E-state index contributed by atoms with van der Waals surface area (Å²) in [5, 5.41) is 5.73. The molecular formula is C23H22N2O5S. The molecule has 0 aliphatic heterocycles. The number of aryl methyl sites for hydroxylation is 2. The fourth-order valence-corrected chi connectivity index (χ4v) is 3.16. The molecule has 1 amide bonds. The van der Waals surface area contributed by atoms with Crippen LogP contribution >= 0.6 is 11.3 Å². The van der Waals surface area contributed by atoms with Crippen LogP contribution in [-0.2, 0) is 4.79 Å². The number of carbonyl (C=O) groups excluding carboxylic acids is 2. The first-order valence-electron chi connectivity index (χ1n) is 9.42. The van der Waals surface area contributed by atoms with Gasteiger partial charge in [-0.1, -0.05) is 12.1 Å². The van der Waals surface area contributed by atoms with Gasteiger partial charge in [0.2, 0.25) is 0 Å². The molecular weight excluding hydrogens is 416 g/mol. The van der Waals surface area contributed by atoms with Gasteiger partial charge in [0.15, 0.2) is 18.1 Å². The van der Waals surface area contributed by atoms with Crippen LogP contribution in [0, 0.1) is 13.8 Å². The molecule has 0 saturated carbocycles. The SMILES string of the molecule is COc1cc(/C=N/NC(=O)COc2ccc(C)c(C)c2)ccc1OC(=O)c1cccs1. The lowest BCUT2D eigenvalue weighted by molar-refractivity contribution is -0.123. The molecule has 0 spiro atoms. The van der Waals surface area contributed by atoms with E-state index in [2.05, 4.69) is 10.5 Å². The van der Waals surface area contributed by atoms with Crippen LogP contribution in [0.1, 0.15) is 26.4 Å². The molecule has 0 atom stereocenters. The molecule has 160 valence electrons. The number of ether oxygens (including phenoxy) is 3. The van der Waals surface area contributed by atoms with Gasteiger partial charge in [0, 0.05) is 0 Å². The Kier molecular flexibility index (Phi) is 7.40. The van der Waals surface area contributed by atoms with Crippen LogP contribution in [0.15, 0.2) is 59.0 Å². The van der Waals surface area contributed by atoms with Crippen LogP contribution in [0.25, 0.3) is 0 Å². The first kappa shape index (κ1) is 22.0. The van der Waals surface area contributed by atoms with E-state index < -0.39 is 5.97 Å². The Bertz CT molecular complexity index is 1090. The Morgan fingerprint density at radius 1 is 1.06 bits per heavy atom. The highest BCUT2D eigenvalue weighted by molar-refractivity contribution is 7.12. The van der Waals surface area contributed by atoms with Crippen LogP contribution in [0.5, 0.6) is 17.2 Å². The average Bonchev–Trinajstić information content (AvgIpc) is 3.30. The van der Waals surface area contributed by atoms with Crippen LogP contribution < -0.4 is 19.6 Å². The molecule has 1 N–H and O–H groups in total. The number of rotatable bonds is 8. The second-order valence-electron chi connectivity index (χ2n) is 6.61. The summed E-state index contributed by atoms with van der Waals surface area (Å²) < 4.78 is 16.2. The van der Waals surface area contributed by atoms with Gasteiger partial charge in [-0.2, -0.15) is 5.10 Å². The largest absolute Gasteiger partial charge is 0.493 e. The number of methoxy groups -OCH3 is 1. The van der Waals surface area contributed by atoms with E-state index >= 15 is 0 Å². The number of esters is 1. The van der Waals surface area contributed by atoms with Crippen molar-refractivity contribution in [3.8, 4) is 17.2 Å². The van der Waals surface area contributed by atoms with Crippen molar-refractivity contribution in [3.05, 3.63) is 75.5 Å². The van der Waals surface area contributed by atoms with E-state index in [9.17, 15) is 9.59 Å². The summed E-state index contributed by atoms with van der Waals surface area (Å²) in [7, 11) is 1.48. The number of hydrogen-bond donors (Lipinski definition) is 1. The molecule has 0 aliphatic carbocycles. The highest BCUT2D eigenvalue weighted by Gasteiger charge is 2.13. The number of thiophene rings is 1. The predicted molar refractivity (Wildman–Crippen MR) is 119 cm³/mol. The quantitative estimate of drug-likeness (QED) is 0.247. The van der Waals surface area contributed by atoms with Gasteiger partial charge in [0.1, 0.15) is 10.6 Å². The van der Waals surface area contributed by atoms with Gasteiger partial charge in [-0.3, -0.25) is 4.79 Å². The number of amides is 1. The number of benzene rings is 2. The van der Waals surface area contributed by atoms with Crippen molar-refractivity contribution in [2.75, 3.05) is 13.7 Å². The Balaban J connectivity index is 1.54. The highest BCUT2D eigenvalue weighted by Crippen LogP contribution is 2.28. The van der Waals surface area contributed by atoms with Crippen molar-refractivity contribution in [1.29, 1.82) is 0 Å². The molecule has 8 heteroatoms. The molecule has 1 aromatic heterocycles. The summed E-state index contributed by atoms with van der Waals surface area (Å²) in [5.41, 5.74) is 5.32. The highest BCUT2D eigenvalue weighted by atomic mass is 32.1. The molecule has 0 fully saturated rings. The smallest absolute Gasteiger partial charge is 0.353 e. The molecule has 0 aliphatic rings. The number of hydrazone groups is 1. The van der Waals surface area contributed by atoms with Gasteiger partial charge >= 0.3 is 5.97 Å². The third kappa shape index (κ3) is 6.16. The van der Waals surface area contributed by atoms with Crippen LogP contribution in [0.4, 0.5) is 0 Å². The number of nitrogens with zero attached hydrogens (tertiary/aromatic N) is 1. The minimum absolute atomic E-state index is 0.152. The molecule has 1 heterocycles. The van der Waals surface area contributed by atoms with Gasteiger partial charge in [0.05, 0.1) is 13.3 Å². The van der Waals surface area contributed by atoms with Crippen LogP contribution in [-0.4, -0.2) is 31.8 Å². The molecule has 7 nitrogen and oxygen atoms in total. The summed E-state index contributed by atoms with van der Waals surface area (Å²) in [4.78, 5) is 24.6. The van der Waals surface area contributed by atoms with E-state index in [1.165, 1.54) is 24.7 Å². The maximum Gasteiger partial charge on any atom is 0.353 e. The van der Waals surface area contributed by atoms with Crippen molar-refractivity contribution in [3.63, 3.8) is 0 Å². The van der Waals surface area contributed by atoms with E-state index in [1.807, 2.05) is 32.0 Å². The third-order valence-corrected chi connectivity index (χ3v) is 5.21. The molecule has 0 saturated heterocycles. The summed E-state index contributed by atoms with van der Waals surface area (Å²) in [5.74, 6) is 0.454. The minimum Gasteiger partial charge on any atom is -0.493 e. The first-order valence-corrected chi connectivity index (χ1v) is 10.3. The van der Waals surface area contributed by atoms with Gasteiger partial charge in [-0.05, 0) is 72.3 Å². The van der Waals surface area contributed by atoms with Crippen LogP contribution in [0.3, 0.4) is 0 Å². The van der Waals surface area contributed by atoms with Gasteiger partial charge in [-0.25, -0.2) is 10.2 Å². The van der Waals surface area contributed by atoms with Crippen molar-refractivity contribution in [2.24, 2.45) is 5.10 Å². The van der Waals surface area contributed by atoms with Crippen molar-refractivity contribution >= 4 is 29.4 Å². The second-order valence-corrected chi connectivity index (χ2v) is 7.55. The lowest BCUT2D eigenvalue weighted by Gasteiger charge is -2.09. The second kappa shape index (κ2) is 10.4. The lowest BCUT2D eigenvalue weighted by Crippen LogP contribution is -2.24. The summed E-state index contributed by atoms with van der Waals surface area (Å²) in [6.07, 6.45) is 1.46. The first-order chi connectivity index (χ1) is 15.0. The Morgan fingerprint density at radius 3 is 2.61 bits per heavy atom. The van der Waals surface area contributed by atoms with Gasteiger partial charge in [0.25, 0.3) is 5.91 Å². The predicted octanol–water partition coefficient (Wildman–Crippen LogP) is 4.12. The average molecular weight is 439 g/mol. The number of nitrogens with one attached hydrogen (secondary N) is 1. The molecule has 3 aromatic rings. The van der Waals surface area contributed by atoms with E-state index in [-0.39, 0.29) is 12.5 Å². The molecule has 31 heavy (non-hydrogen) atoms. The number of hydrogen-bond acceptors (Lipinski definition) is 7. The molecule has 3 rings (SSSR count). The summed E-state index contributed by atoms with van der Waals surface area (Å²) in [6, 6.07) is 14.1. The van der Waals surface area contributed by atoms with Crippen LogP contribution in [0.2, 0.25) is 0 Å². The zero-order chi connectivity index (χ0) is 22.2. The van der Waals surface area contributed by atoms with Crippen molar-refractivity contribution in [1.82, 2.24) is 5.43 Å². The monoisotopic (exact) mass is 438 g/mol. The molecule has 0 bridgehead atoms. The molecule has 2 aromatic carbocycles. The van der Waals surface area contributed by atoms with E-state index in [0.29, 0.717) is 27.7 Å². The topological polar surface area (TPSA) is 86.2 Å². The Labute approximate surface area is 184 Å². The van der Waals surface area contributed by atoms with Crippen molar-refractivity contribution in [2.45, 2.75) is 13.8 Å². The Hall–Kier alpha value is -3.65. The molecule has 0 unspecified atom stereocenters. The lowest BCUT2D eigenvalue weighted by atomic mass is 10.1. The number of carbonyl (C=O) groups is 2. The molecule has 0 radical (unpaired) electrons. The van der Waals surface area contributed by atoms with Crippen molar-refractivity contribution < 1.29 is 23.8 Å². The zero-order valence-corrected chi connectivity index (χ0v) is 18.2. The third-order valence-electron chi connectivity index (χ3n) is 4.36. The maximum atomic E-state index is 12.1.